The molecule has 1 unspecified atom stereocenters. The van der Waals surface area contributed by atoms with Gasteiger partial charge in [-0.05, 0) is 142 Å². The first kappa shape index (κ1) is 99.6. The molecule has 0 radical (unpaired) electrons. The molecule has 0 saturated carbocycles. The second-order valence-corrected chi connectivity index (χ2v) is 33.4. The van der Waals surface area contributed by atoms with Crippen LogP contribution in [0.15, 0.2) is 97.7 Å². The van der Waals surface area contributed by atoms with Gasteiger partial charge in [-0.2, -0.15) is 0 Å². The maximum atomic E-state index is 15.1. The number of H-pyrrole nitrogens is 3. The summed E-state index contributed by atoms with van der Waals surface area (Å²) in [5, 5.41) is 60.1. The molecule has 40 heteroatoms. The van der Waals surface area contributed by atoms with E-state index in [0.717, 1.165) is 27.4 Å². The number of aliphatic hydroxyl groups is 1. The van der Waals surface area contributed by atoms with E-state index in [4.69, 9.17) is 22.9 Å². The van der Waals surface area contributed by atoms with Gasteiger partial charge in [0, 0.05) is 98.6 Å². The number of aromatic hydroxyl groups is 1. The zero-order chi connectivity index (χ0) is 92.7. The number of carbonyl (C=O) groups is 16. The highest BCUT2D eigenvalue weighted by molar-refractivity contribution is 6.01. The number of phenolic OH excluding ortho intramolecular Hbond substituents is 1. The Morgan fingerprint density at radius 3 is 1.49 bits per heavy atom. The SMILES string of the molecule is CC[C@H](C)[C@H](NC(=O)[C@@H]1CCCN1C(=O)[C@H](CCC(N)=O)NC(=O)CNC(=O)[C@@H]1CCCN1C(=O)[C@H](CCCCN)NC(=O)[C@H](CC(C)C)NC(=O)[C@H](CCC(N)=O)NC(=O)[C@H](CC(C)C)NC(=O)[C@H](Cc1c[nH]c2ccccc12)NC(=O)[C@H](Cc1c[nH]cn1)NC(=O)[C@@H](N)Cc1c[nH]c2ccccc12)C(=O)N[C@@H](Cc1ccc(O)cc1)C(=O)NC(CCO)C(=O)O. The Balaban J connectivity index is 0.929. The summed E-state index contributed by atoms with van der Waals surface area (Å²) < 4.78 is 0. The lowest BCUT2D eigenvalue weighted by Gasteiger charge is -2.31. The lowest BCUT2D eigenvalue weighted by molar-refractivity contribution is -0.143. The van der Waals surface area contributed by atoms with Crippen LogP contribution in [0, 0.1) is 17.8 Å². The van der Waals surface area contributed by atoms with E-state index in [1.807, 2.05) is 42.5 Å². The van der Waals surface area contributed by atoms with Gasteiger partial charge in [0.15, 0.2) is 0 Å². The number of rotatable bonds is 51. The minimum atomic E-state index is -1.59. The number of aromatic amines is 3. The molecule has 690 valence electrons. The maximum absolute atomic E-state index is 15.1. The fourth-order valence-corrected chi connectivity index (χ4v) is 15.6. The van der Waals surface area contributed by atoms with Gasteiger partial charge in [-0.25, -0.2) is 9.78 Å². The van der Waals surface area contributed by atoms with E-state index in [-0.39, 0.29) is 114 Å². The molecule has 3 aromatic heterocycles. The van der Waals surface area contributed by atoms with Crippen LogP contribution < -0.4 is 81.4 Å². The van der Waals surface area contributed by atoms with Crippen molar-refractivity contribution in [2.24, 2.45) is 40.7 Å². The van der Waals surface area contributed by atoms with Crippen LogP contribution in [0.2, 0.25) is 0 Å². The zero-order valence-corrected chi connectivity index (χ0v) is 72.5. The number of amides is 15. The average Bonchev–Trinajstić information content (AvgIpc) is 1.76. The lowest BCUT2D eigenvalue weighted by Crippen LogP contribution is -2.61. The van der Waals surface area contributed by atoms with Crippen molar-refractivity contribution in [3.8, 4) is 5.75 Å². The Kier molecular flexibility index (Phi) is 38.1. The summed E-state index contributed by atoms with van der Waals surface area (Å²) in [5.41, 5.74) is 27.4. The number of hydrogen-bond acceptors (Lipinski definition) is 21. The number of fused-ring (bicyclic) bond motifs is 2. The third-order valence-electron chi connectivity index (χ3n) is 22.6. The van der Waals surface area contributed by atoms with Crippen molar-refractivity contribution in [3.63, 3.8) is 0 Å². The number of benzene rings is 3. The van der Waals surface area contributed by atoms with Crippen molar-refractivity contribution >= 4 is 116 Å². The second kappa shape index (κ2) is 48.6. The van der Waals surface area contributed by atoms with Crippen LogP contribution >= 0.6 is 0 Å². The number of unbranched alkanes of at least 4 members (excludes halogenated alkanes) is 1. The van der Waals surface area contributed by atoms with Crippen molar-refractivity contribution in [2.45, 2.75) is 242 Å². The number of likely N-dealkylation sites (tertiary alicyclic amines) is 2. The number of nitrogens with zero attached hydrogens (tertiary/aromatic N) is 3. The molecule has 0 aliphatic carbocycles. The number of para-hydroxylation sites is 2. The van der Waals surface area contributed by atoms with Gasteiger partial charge in [-0.1, -0.05) is 96.5 Å². The van der Waals surface area contributed by atoms with E-state index in [1.165, 1.54) is 40.4 Å². The molecule has 15 amide bonds. The molecule has 2 fully saturated rings. The molecule has 0 spiro atoms. The fraction of sp³-hybridized carbons (Fsp3) is 0.529. The van der Waals surface area contributed by atoms with Crippen LogP contribution in [0.1, 0.15) is 160 Å². The molecule has 2 aliphatic rings. The number of carbonyl (C=O) groups excluding carboxylic acids is 15. The standard InChI is InChI=1S/C87H123N21O19/c1-7-49(6)74(84(123)105-66(38-50-23-25-54(110)26-24-50)79(118)100-63(31-35-109)87(126)127)106-83(122)70-22-15-34-108(70)86(125)62(28-30-72(91)112)97-73(113)45-95-82(121)69-21-14-33-107(69)85(124)61(20-12-13-32-88)99-78(117)65(37-48(4)5)102-76(115)60(27-29-71(90)111)98-77(116)64(36-47(2)3)103-80(119)67(40-52-43-94-59-19-11-9-17-56(52)59)104-81(120)68(41-53-44-92-46-96-53)101-75(114)57(89)39-51-42-93-58-18-10-8-16-55(51)58/h8-11,16-19,23-26,42-44,46-49,57,60-70,74,93-94,109-110H,7,12-15,20-22,27-41,45,88-89H2,1-6H3,(H2,90,111)(H2,91,112)(H,92,96)(H,95,121)(H,97,113)(H,98,116)(H,99,117)(H,100,118)(H,101,114)(H,102,115)(H,103,119)(H,104,120)(H,105,123)(H,106,122)(H,126,127)/t49-,57-,60-,61-,62-,63?,64-,65-,66-,67-,68-,69-,70-,74-/m0/s1. The highest BCUT2D eigenvalue weighted by Crippen LogP contribution is 2.26. The summed E-state index contributed by atoms with van der Waals surface area (Å²) >= 11 is 0. The summed E-state index contributed by atoms with van der Waals surface area (Å²) in [6, 6.07) is 2.46. The highest BCUT2D eigenvalue weighted by atomic mass is 16.4. The van der Waals surface area contributed by atoms with Gasteiger partial charge in [0.25, 0.3) is 0 Å². The molecule has 25 N–H and O–H groups in total. The summed E-state index contributed by atoms with van der Waals surface area (Å²) in [6.45, 7) is 9.32. The van der Waals surface area contributed by atoms with Crippen LogP contribution in [0.3, 0.4) is 0 Å². The minimum absolute atomic E-state index is 0.00328. The van der Waals surface area contributed by atoms with Crippen molar-refractivity contribution < 1.29 is 92.0 Å². The summed E-state index contributed by atoms with van der Waals surface area (Å²) in [4.78, 5) is 241. The number of nitrogens with two attached hydrogens (primary N) is 4. The van der Waals surface area contributed by atoms with Crippen LogP contribution in [0.25, 0.3) is 21.8 Å². The number of phenols is 1. The van der Waals surface area contributed by atoms with E-state index in [0.29, 0.717) is 42.5 Å². The molecule has 2 saturated heterocycles. The summed E-state index contributed by atoms with van der Waals surface area (Å²) in [6.07, 6.45) is 5.70. The second-order valence-electron chi connectivity index (χ2n) is 33.4. The van der Waals surface area contributed by atoms with Crippen molar-refractivity contribution in [2.75, 3.05) is 32.8 Å². The molecule has 8 rings (SSSR count). The molecule has 14 atom stereocenters. The number of aromatic nitrogens is 4. The van der Waals surface area contributed by atoms with Gasteiger partial charge in [0.05, 0.1) is 24.6 Å². The van der Waals surface area contributed by atoms with Gasteiger partial charge >= 0.3 is 5.97 Å². The first-order valence-corrected chi connectivity index (χ1v) is 43.2. The third-order valence-corrected chi connectivity index (χ3v) is 22.6. The van der Waals surface area contributed by atoms with Gasteiger partial charge < -0.3 is 121 Å². The van der Waals surface area contributed by atoms with E-state index in [1.54, 1.807) is 66.2 Å². The summed E-state index contributed by atoms with van der Waals surface area (Å²) in [5.74, 6) is -15.3. The predicted octanol–water partition coefficient (Wildman–Crippen LogP) is -1.11. The Morgan fingerprint density at radius 2 is 0.969 bits per heavy atom. The van der Waals surface area contributed by atoms with Gasteiger partial charge in [-0.3, -0.25) is 71.9 Å². The van der Waals surface area contributed by atoms with Crippen LogP contribution in [0.5, 0.6) is 5.75 Å². The number of carboxylic acids is 1. The van der Waals surface area contributed by atoms with E-state index >= 15 is 4.79 Å². The third kappa shape index (κ3) is 29.6. The van der Waals surface area contributed by atoms with Crippen LogP contribution in [-0.2, 0) is 102 Å². The van der Waals surface area contributed by atoms with Crippen LogP contribution in [-0.4, -0.2) is 251 Å². The summed E-state index contributed by atoms with van der Waals surface area (Å²) in [7, 11) is 0. The Labute approximate surface area is 734 Å². The average molecular weight is 1770 g/mol. The first-order valence-electron chi connectivity index (χ1n) is 43.2. The number of primary amides is 2. The molecule has 3 aromatic carbocycles. The Hall–Kier alpha value is -12.9. The minimum Gasteiger partial charge on any atom is -0.508 e. The van der Waals surface area contributed by atoms with Crippen molar-refractivity contribution in [1.82, 2.24) is 88.2 Å². The monoisotopic (exact) mass is 1770 g/mol. The molecule has 40 nitrogen and oxygen atoms in total. The molecular weight excluding hydrogens is 1640 g/mol. The van der Waals surface area contributed by atoms with Crippen molar-refractivity contribution in [1.29, 1.82) is 0 Å². The number of hydrogen-bond donors (Lipinski definition) is 21. The molecule has 127 heavy (non-hydrogen) atoms. The topological polar surface area (TPSA) is 637 Å². The number of carboxylic acid groups (broad SMARTS) is 1. The molecule has 5 heterocycles. The number of aliphatic carboxylic acids is 1. The smallest absolute Gasteiger partial charge is 0.326 e. The Bertz CT molecular complexity index is 4800. The van der Waals surface area contributed by atoms with Crippen molar-refractivity contribution in [3.05, 3.63) is 120 Å². The number of aliphatic hydroxyl groups excluding tert-OH is 1. The molecular formula is C87H123N21O19. The van der Waals surface area contributed by atoms with Gasteiger partial charge in [-0.15, -0.1) is 0 Å². The zero-order valence-electron chi connectivity index (χ0n) is 72.5. The van der Waals surface area contributed by atoms with Gasteiger partial charge in [0.1, 0.15) is 78.3 Å². The number of nitrogens with one attached hydrogen (secondary N) is 14. The first-order chi connectivity index (χ1) is 60.6. The van der Waals surface area contributed by atoms with E-state index in [9.17, 15) is 87.2 Å². The highest BCUT2D eigenvalue weighted by Gasteiger charge is 2.44. The van der Waals surface area contributed by atoms with Crippen LogP contribution in [0.4, 0.5) is 0 Å². The fourth-order valence-electron chi connectivity index (χ4n) is 15.6. The number of imidazole rings is 1. The largest absolute Gasteiger partial charge is 0.508 e. The van der Waals surface area contributed by atoms with E-state index < -0.39 is 211 Å². The quantitative estimate of drug-likeness (QED) is 0.0201. The van der Waals surface area contributed by atoms with Gasteiger partial charge in [0.2, 0.25) is 88.6 Å². The molecule has 2 aliphatic heterocycles. The molecule has 0 bridgehead atoms. The normalized spacial score (nSPS) is 16.7. The molecule has 6 aromatic rings. The van der Waals surface area contributed by atoms with E-state index in [2.05, 4.69) is 78.4 Å². The maximum Gasteiger partial charge on any atom is 0.326 e. The Morgan fingerprint density at radius 1 is 0.504 bits per heavy atom. The predicted molar refractivity (Wildman–Crippen MR) is 465 cm³/mol. The lowest BCUT2D eigenvalue weighted by atomic mass is 9.96.